The van der Waals surface area contributed by atoms with Gasteiger partial charge in [0.2, 0.25) is 5.91 Å². The molecule has 5 rings (SSSR count). The van der Waals surface area contributed by atoms with Gasteiger partial charge in [-0.2, -0.15) is 0 Å². The van der Waals surface area contributed by atoms with Crippen LogP contribution < -0.4 is 5.32 Å². The predicted molar refractivity (Wildman–Crippen MR) is 107 cm³/mol. The zero-order valence-corrected chi connectivity index (χ0v) is 16.7. The number of carbonyl (C=O) groups excluding carboxylic acids is 3. The number of furan rings is 1. The Labute approximate surface area is 174 Å². The Kier molecular flexibility index (Phi) is 4.78. The largest absolute Gasteiger partial charge is 0.469 e. The molecule has 0 bridgehead atoms. The lowest BCUT2D eigenvalue weighted by Crippen LogP contribution is -2.56. The number of hydrogen-bond donors (Lipinski definition) is 1. The van der Waals surface area contributed by atoms with Crippen molar-refractivity contribution in [3.63, 3.8) is 0 Å². The molecule has 3 aliphatic heterocycles. The molecule has 30 heavy (non-hydrogen) atoms. The molecule has 0 saturated carbocycles. The number of nitrogens with one attached hydrogen (secondary N) is 1. The van der Waals surface area contributed by atoms with Gasteiger partial charge in [0, 0.05) is 24.4 Å². The number of hydrazine groups is 1. The lowest BCUT2D eigenvalue weighted by molar-refractivity contribution is -0.123. The van der Waals surface area contributed by atoms with E-state index in [1.54, 1.807) is 6.26 Å². The first-order valence-electron chi connectivity index (χ1n) is 10.4. The number of piperidine rings is 1. The van der Waals surface area contributed by atoms with E-state index in [0.29, 0.717) is 18.0 Å². The van der Waals surface area contributed by atoms with Gasteiger partial charge in [0.05, 0.1) is 19.4 Å². The van der Waals surface area contributed by atoms with Gasteiger partial charge in [-0.3, -0.25) is 19.8 Å². The van der Waals surface area contributed by atoms with Crippen molar-refractivity contribution in [2.75, 3.05) is 19.6 Å². The van der Waals surface area contributed by atoms with Crippen molar-refractivity contribution >= 4 is 17.8 Å². The van der Waals surface area contributed by atoms with Crippen LogP contribution in [0.2, 0.25) is 0 Å². The van der Waals surface area contributed by atoms with Gasteiger partial charge in [-0.1, -0.05) is 12.1 Å². The van der Waals surface area contributed by atoms with E-state index in [1.165, 1.54) is 10.0 Å². The van der Waals surface area contributed by atoms with Crippen LogP contribution in [0.25, 0.3) is 0 Å². The highest BCUT2D eigenvalue weighted by molar-refractivity contribution is 6.01. The molecular weight excluding hydrogens is 384 g/mol. The lowest BCUT2D eigenvalue weighted by Gasteiger charge is -2.33. The fourth-order valence-electron chi connectivity index (χ4n) is 4.60. The van der Waals surface area contributed by atoms with Gasteiger partial charge in [-0.15, -0.1) is 0 Å². The molecule has 2 aromatic rings. The van der Waals surface area contributed by atoms with E-state index >= 15 is 0 Å². The van der Waals surface area contributed by atoms with Crippen LogP contribution in [-0.4, -0.2) is 52.4 Å². The minimum absolute atomic E-state index is 0.194. The number of amides is 4. The summed E-state index contributed by atoms with van der Waals surface area (Å²) < 4.78 is 5.55. The van der Waals surface area contributed by atoms with Crippen LogP contribution in [0.3, 0.4) is 0 Å². The number of fused-ring (bicyclic) bond motifs is 1. The molecule has 0 aliphatic carbocycles. The summed E-state index contributed by atoms with van der Waals surface area (Å²) in [6.07, 6.45) is 4.09. The maximum Gasteiger partial charge on any atom is 0.342 e. The van der Waals surface area contributed by atoms with Crippen LogP contribution in [0, 0.1) is 0 Å². The van der Waals surface area contributed by atoms with Gasteiger partial charge in [-0.25, -0.2) is 14.8 Å². The number of rotatable bonds is 4. The molecule has 0 unspecified atom stereocenters. The standard InChI is InChI=1S/C22H24N4O4/c27-20-7-10-25(22(29)23-20)26-14-17-12-15(3-4-18(17)21(26)28)13-24-8-5-16(6-9-24)19-2-1-11-30-19/h1-4,11-12,16H,5-10,13-14H2,(H,23,27,29). The minimum atomic E-state index is -0.535. The number of likely N-dealkylation sites (tertiary alicyclic amines) is 1. The van der Waals surface area contributed by atoms with Gasteiger partial charge < -0.3 is 4.42 Å². The Morgan fingerprint density at radius 3 is 2.60 bits per heavy atom. The predicted octanol–water partition coefficient (Wildman–Crippen LogP) is 2.47. The summed E-state index contributed by atoms with van der Waals surface area (Å²) in [5, 5.41) is 5.05. The van der Waals surface area contributed by atoms with Crippen LogP contribution in [0.1, 0.15) is 52.4 Å². The molecule has 4 amide bonds. The molecule has 0 spiro atoms. The van der Waals surface area contributed by atoms with Gasteiger partial charge in [0.1, 0.15) is 5.76 Å². The summed E-state index contributed by atoms with van der Waals surface area (Å²) in [7, 11) is 0. The van der Waals surface area contributed by atoms with Crippen molar-refractivity contribution in [3.8, 4) is 0 Å². The van der Waals surface area contributed by atoms with Crippen LogP contribution in [-0.2, 0) is 17.9 Å². The fourth-order valence-corrected chi connectivity index (χ4v) is 4.60. The van der Waals surface area contributed by atoms with Crippen molar-refractivity contribution < 1.29 is 18.8 Å². The maximum absolute atomic E-state index is 12.8. The first-order valence-corrected chi connectivity index (χ1v) is 10.4. The Morgan fingerprint density at radius 1 is 1.03 bits per heavy atom. The molecule has 1 aromatic heterocycles. The van der Waals surface area contributed by atoms with Gasteiger partial charge in [0.15, 0.2) is 0 Å². The summed E-state index contributed by atoms with van der Waals surface area (Å²) in [5.41, 5.74) is 2.71. The third kappa shape index (κ3) is 3.47. The number of nitrogens with zero attached hydrogens (tertiary/aromatic N) is 3. The Hall–Kier alpha value is -3.13. The molecule has 0 radical (unpaired) electrons. The Bertz CT molecular complexity index is 979. The molecule has 1 aromatic carbocycles. The summed E-state index contributed by atoms with van der Waals surface area (Å²) in [6.45, 7) is 3.43. The highest BCUT2D eigenvalue weighted by Gasteiger charge is 2.37. The number of carbonyl (C=O) groups is 3. The third-order valence-electron chi connectivity index (χ3n) is 6.22. The molecule has 8 heteroatoms. The van der Waals surface area contributed by atoms with Crippen LogP contribution in [0.5, 0.6) is 0 Å². The van der Waals surface area contributed by atoms with E-state index in [1.807, 2.05) is 18.2 Å². The summed E-state index contributed by atoms with van der Waals surface area (Å²) in [5.74, 6) is 1.07. The van der Waals surface area contributed by atoms with Crippen molar-refractivity contribution in [2.45, 2.75) is 38.3 Å². The van der Waals surface area contributed by atoms with E-state index in [4.69, 9.17) is 4.42 Å². The summed E-state index contributed by atoms with van der Waals surface area (Å²) in [4.78, 5) is 38.7. The van der Waals surface area contributed by atoms with E-state index < -0.39 is 6.03 Å². The summed E-state index contributed by atoms with van der Waals surface area (Å²) >= 11 is 0. The second-order valence-corrected chi connectivity index (χ2v) is 8.15. The first-order chi connectivity index (χ1) is 14.6. The smallest absolute Gasteiger partial charge is 0.342 e. The average Bonchev–Trinajstić information content (AvgIpc) is 3.37. The highest BCUT2D eigenvalue weighted by Crippen LogP contribution is 2.30. The molecule has 1 N–H and O–H groups in total. The monoisotopic (exact) mass is 408 g/mol. The van der Waals surface area contributed by atoms with E-state index in [0.717, 1.165) is 49.4 Å². The van der Waals surface area contributed by atoms with Crippen molar-refractivity contribution in [1.29, 1.82) is 0 Å². The SMILES string of the molecule is O=C1CCN(N2Cc3cc(CN4CCC(c5ccco5)CC4)ccc3C2=O)C(=O)N1. The van der Waals surface area contributed by atoms with Crippen molar-refractivity contribution in [1.82, 2.24) is 20.2 Å². The molecule has 0 atom stereocenters. The van der Waals surface area contributed by atoms with Crippen molar-refractivity contribution in [3.05, 3.63) is 59.0 Å². The molecule has 2 fully saturated rings. The third-order valence-corrected chi connectivity index (χ3v) is 6.22. The lowest BCUT2D eigenvalue weighted by atomic mass is 9.94. The van der Waals surface area contributed by atoms with Gasteiger partial charge in [-0.05, 0) is 55.3 Å². The van der Waals surface area contributed by atoms with Crippen LogP contribution >= 0.6 is 0 Å². The zero-order valence-electron chi connectivity index (χ0n) is 16.7. The zero-order chi connectivity index (χ0) is 20.7. The molecule has 156 valence electrons. The Balaban J connectivity index is 1.23. The molecule has 8 nitrogen and oxygen atoms in total. The van der Waals surface area contributed by atoms with Gasteiger partial charge in [0.25, 0.3) is 5.91 Å². The Morgan fingerprint density at radius 2 is 1.87 bits per heavy atom. The first kappa shape index (κ1) is 18.9. The second kappa shape index (κ2) is 7.60. The average molecular weight is 408 g/mol. The second-order valence-electron chi connectivity index (χ2n) is 8.15. The maximum atomic E-state index is 12.8. The fraction of sp³-hybridized carbons (Fsp3) is 0.409. The molecule has 3 aliphatic rings. The van der Waals surface area contributed by atoms with Crippen LogP contribution in [0.15, 0.2) is 41.0 Å². The van der Waals surface area contributed by atoms with Gasteiger partial charge >= 0.3 is 6.03 Å². The molecular formula is C22H24N4O4. The van der Waals surface area contributed by atoms with E-state index in [-0.39, 0.29) is 24.8 Å². The van der Waals surface area contributed by atoms with E-state index in [2.05, 4.69) is 22.3 Å². The number of hydrogen-bond acceptors (Lipinski definition) is 5. The topological polar surface area (TPSA) is 86.1 Å². The number of imide groups is 1. The molecule has 2 saturated heterocycles. The number of benzene rings is 1. The minimum Gasteiger partial charge on any atom is -0.469 e. The summed E-state index contributed by atoms with van der Waals surface area (Å²) in [6, 6.07) is 9.39. The molecule has 4 heterocycles. The quantitative estimate of drug-likeness (QED) is 0.840. The number of urea groups is 1. The van der Waals surface area contributed by atoms with Crippen molar-refractivity contribution in [2.24, 2.45) is 0 Å². The van der Waals surface area contributed by atoms with E-state index in [9.17, 15) is 14.4 Å². The van der Waals surface area contributed by atoms with Crippen LogP contribution in [0.4, 0.5) is 4.79 Å². The highest BCUT2D eigenvalue weighted by atomic mass is 16.3. The normalized spacial score (nSPS) is 20.6.